The zero-order valence-corrected chi connectivity index (χ0v) is 13.1. The Kier molecular flexibility index (Phi) is 5.36. The molecule has 24 heavy (non-hydrogen) atoms. The van der Waals surface area contributed by atoms with Gasteiger partial charge in [0.15, 0.2) is 0 Å². The zero-order chi connectivity index (χ0) is 17.9. The van der Waals surface area contributed by atoms with Crippen molar-refractivity contribution >= 4 is 17.7 Å². The lowest BCUT2D eigenvalue weighted by Gasteiger charge is -2.26. The van der Waals surface area contributed by atoms with Crippen LogP contribution in [0.4, 0.5) is 23.7 Å². The van der Waals surface area contributed by atoms with Crippen LogP contribution in [0, 0.1) is 12.8 Å². The number of urea groups is 1. The van der Waals surface area contributed by atoms with Crippen LogP contribution in [0.1, 0.15) is 36.8 Å². The molecule has 5 nitrogen and oxygen atoms in total. The number of amides is 2. The van der Waals surface area contributed by atoms with Crippen LogP contribution < -0.4 is 10.6 Å². The number of hydrogen-bond acceptors (Lipinski definition) is 2. The molecule has 0 radical (unpaired) electrons. The van der Waals surface area contributed by atoms with E-state index in [1.54, 1.807) is 0 Å². The maximum atomic E-state index is 12.9. The topological polar surface area (TPSA) is 78.4 Å². The molecule has 0 aromatic heterocycles. The summed E-state index contributed by atoms with van der Waals surface area (Å²) >= 11 is 0. The highest BCUT2D eigenvalue weighted by Gasteiger charge is 2.32. The largest absolute Gasteiger partial charge is 0.481 e. The van der Waals surface area contributed by atoms with E-state index < -0.39 is 29.7 Å². The van der Waals surface area contributed by atoms with Crippen molar-refractivity contribution in [3.63, 3.8) is 0 Å². The van der Waals surface area contributed by atoms with Crippen molar-refractivity contribution in [2.45, 2.75) is 44.8 Å². The fourth-order valence-electron chi connectivity index (χ4n) is 2.84. The van der Waals surface area contributed by atoms with Crippen molar-refractivity contribution in [1.29, 1.82) is 0 Å². The summed E-state index contributed by atoms with van der Waals surface area (Å²) in [6, 6.07) is 2.84. The molecular formula is C16H19F3N2O3. The summed E-state index contributed by atoms with van der Waals surface area (Å²) in [7, 11) is 0. The highest BCUT2D eigenvalue weighted by atomic mass is 19.4. The van der Waals surface area contributed by atoms with Gasteiger partial charge in [-0.3, -0.25) is 4.79 Å². The van der Waals surface area contributed by atoms with Crippen LogP contribution in [-0.2, 0) is 11.0 Å². The van der Waals surface area contributed by atoms with Gasteiger partial charge < -0.3 is 15.7 Å². The van der Waals surface area contributed by atoms with Gasteiger partial charge in [0.25, 0.3) is 0 Å². The first kappa shape index (κ1) is 18.1. The van der Waals surface area contributed by atoms with E-state index in [0.717, 1.165) is 6.07 Å². The second kappa shape index (κ2) is 7.11. The number of carboxylic acid groups (broad SMARTS) is 1. The molecule has 2 amide bonds. The quantitative estimate of drug-likeness (QED) is 0.781. The molecule has 0 spiro atoms. The molecule has 0 bridgehead atoms. The third kappa shape index (κ3) is 4.62. The van der Waals surface area contributed by atoms with Gasteiger partial charge in [0, 0.05) is 11.7 Å². The molecule has 3 N–H and O–H groups in total. The van der Waals surface area contributed by atoms with Gasteiger partial charge in [-0.05, 0) is 50.3 Å². The summed E-state index contributed by atoms with van der Waals surface area (Å²) < 4.78 is 38.6. The number of carbonyl (C=O) groups is 2. The van der Waals surface area contributed by atoms with E-state index >= 15 is 0 Å². The van der Waals surface area contributed by atoms with Gasteiger partial charge >= 0.3 is 18.2 Å². The first-order valence-electron chi connectivity index (χ1n) is 7.65. The lowest BCUT2D eigenvalue weighted by atomic mass is 9.86. The fourth-order valence-corrected chi connectivity index (χ4v) is 2.84. The summed E-state index contributed by atoms with van der Waals surface area (Å²) in [5, 5.41) is 14.0. The smallest absolute Gasteiger partial charge is 0.416 e. The van der Waals surface area contributed by atoms with Gasteiger partial charge in [0.1, 0.15) is 0 Å². The van der Waals surface area contributed by atoms with Crippen LogP contribution in [0.5, 0.6) is 0 Å². The van der Waals surface area contributed by atoms with E-state index in [1.165, 1.54) is 19.1 Å². The molecule has 2 rings (SSSR count). The number of halogens is 3. The predicted octanol–water partition coefficient (Wildman–Crippen LogP) is 3.78. The van der Waals surface area contributed by atoms with Crippen molar-refractivity contribution in [2.75, 3.05) is 5.32 Å². The van der Waals surface area contributed by atoms with Crippen LogP contribution in [0.15, 0.2) is 18.2 Å². The van der Waals surface area contributed by atoms with E-state index in [0.29, 0.717) is 25.7 Å². The molecule has 1 aliphatic carbocycles. The molecule has 8 heteroatoms. The van der Waals surface area contributed by atoms with Crippen LogP contribution in [-0.4, -0.2) is 23.1 Å². The van der Waals surface area contributed by atoms with Crippen molar-refractivity contribution in [2.24, 2.45) is 5.92 Å². The monoisotopic (exact) mass is 344 g/mol. The second-order valence-corrected chi connectivity index (χ2v) is 6.01. The van der Waals surface area contributed by atoms with E-state index in [9.17, 15) is 22.8 Å². The molecule has 132 valence electrons. The van der Waals surface area contributed by atoms with E-state index in [-0.39, 0.29) is 17.3 Å². The Hall–Kier alpha value is -2.25. The molecule has 1 saturated carbocycles. The van der Waals surface area contributed by atoms with E-state index in [2.05, 4.69) is 10.6 Å². The van der Waals surface area contributed by atoms with Gasteiger partial charge in [-0.25, -0.2) is 4.79 Å². The van der Waals surface area contributed by atoms with Crippen molar-refractivity contribution in [3.8, 4) is 0 Å². The van der Waals surface area contributed by atoms with Gasteiger partial charge in [-0.2, -0.15) is 13.2 Å². The van der Waals surface area contributed by atoms with Crippen molar-refractivity contribution in [3.05, 3.63) is 29.3 Å². The van der Waals surface area contributed by atoms with E-state index in [1.807, 2.05) is 0 Å². The summed E-state index contributed by atoms with van der Waals surface area (Å²) in [5.74, 6) is -1.23. The first-order valence-corrected chi connectivity index (χ1v) is 7.65. The minimum absolute atomic E-state index is 0.0599. The Morgan fingerprint density at radius 3 is 2.33 bits per heavy atom. The molecule has 0 aliphatic heterocycles. The Morgan fingerprint density at radius 1 is 1.17 bits per heavy atom. The Bertz CT molecular complexity index is 623. The summed E-state index contributed by atoms with van der Waals surface area (Å²) in [6.07, 6.45) is -2.46. The number of hydrogen-bond donors (Lipinski definition) is 3. The minimum Gasteiger partial charge on any atom is -0.481 e. The molecule has 1 aliphatic rings. The number of nitrogens with one attached hydrogen (secondary N) is 2. The number of anilines is 1. The Labute approximate surface area is 137 Å². The van der Waals surface area contributed by atoms with E-state index in [4.69, 9.17) is 5.11 Å². The standard InChI is InChI=1S/C16H19F3N2O3/c1-9-2-5-12(8-13(9)16(17,18)19)21-15(24)20-11-6-3-10(4-7-11)14(22)23/h2,5,8,10-11H,3-4,6-7H2,1H3,(H,22,23)(H2,20,21,24). The highest BCUT2D eigenvalue weighted by molar-refractivity contribution is 5.89. The minimum atomic E-state index is -4.48. The van der Waals surface area contributed by atoms with Gasteiger partial charge in [-0.15, -0.1) is 0 Å². The average molecular weight is 344 g/mol. The molecule has 0 saturated heterocycles. The average Bonchev–Trinajstić information content (AvgIpc) is 2.48. The van der Waals surface area contributed by atoms with Gasteiger partial charge in [-0.1, -0.05) is 6.07 Å². The summed E-state index contributed by atoms with van der Waals surface area (Å²) in [4.78, 5) is 22.8. The number of benzene rings is 1. The lowest BCUT2D eigenvalue weighted by Crippen LogP contribution is -2.41. The fraction of sp³-hybridized carbons (Fsp3) is 0.500. The molecule has 1 fully saturated rings. The first-order chi connectivity index (χ1) is 11.2. The predicted molar refractivity (Wildman–Crippen MR) is 81.7 cm³/mol. The van der Waals surface area contributed by atoms with Crippen LogP contribution in [0.25, 0.3) is 0 Å². The molecule has 0 atom stereocenters. The molecule has 0 unspecified atom stereocenters. The van der Waals surface area contributed by atoms with Crippen molar-refractivity contribution in [1.82, 2.24) is 5.32 Å². The normalized spacial score (nSPS) is 21.2. The Balaban J connectivity index is 1.93. The van der Waals surface area contributed by atoms with Gasteiger partial charge in [0.05, 0.1) is 11.5 Å². The number of alkyl halides is 3. The second-order valence-electron chi connectivity index (χ2n) is 6.01. The van der Waals surface area contributed by atoms with Crippen molar-refractivity contribution < 1.29 is 27.9 Å². The molecule has 1 aromatic carbocycles. The zero-order valence-electron chi connectivity index (χ0n) is 13.1. The Morgan fingerprint density at radius 2 is 1.79 bits per heavy atom. The van der Waals surface area contributed by atoms with Crippen LogP contribution in [0.3, 0.4) is 0 Å². The number of rotatable bonds is 3. The van der Waals surface area contributed by atoms with Crippen LogP contribution in [0.2, 0.25) is 0 Å². The summed E-state index contributed by atoms with van der Waals surface area (Å²) in [6.45, 7) is 1.35. The third-order valence-corrected chi connectivity index (χ3v) is 4.21. The number of aliphatic carboxylic acids is 1. The third-order valence-electron chi connectivity index (χ3n) is 4.21. The highest BCUT2D eigenvalue weighted by Crippen LogP contribution is 2.33. The number of carboxylic acids is 1. The molecule has 0 heterocycles. The maximum Gasteiger partial charge on any atom is 0.416 e. The number of aryl methyl sites for hydroxylation is 1. The van der Waals surface area contributed by atoms with Gasteiger partial charge in [0.2, 0.25) is 0 Å². The summed E-state index contributed by atoms with van der Waals surface area (Å²) in [5.41, 5.74) is -0.646. The maximum absolute atomic E-state index is 12.9. The lowest BCUT2D eigenvalue weighted by molar-refractivity contribution is -0.143. The number of carbonyl (C=O) groups excluding carboxylic acids is 1. The van der Waals surface area contributed by atoms with Crippen LogP contribution >= 0.6 is 0 Å². The molecular weight excluding hydrogens is 325 g/mol. The molecule has 1 aromatic rings. The SMILES string of the molecule is Cc1ccc(NC(=O)NC2CCC(C(=O)O)CC2)cc1C(F)(F)F.